The van der Waals surface area contributed by atoms with Gasteiger partial charge in [-0.05, 0) is 128 Å². The van der Waals surface area contributed by atoms with Crippen LogP contribution in [0.1, 0.15) is 271 Å². The number of likely N-dealkylation sites (N-methyl/N-ethyl adjacent to an activating group) is 1. The van der Waals surface area contributed by atoms with Gasteiger partial charge >= 0.3 is 19.8 Å². The number of esters is 2. The maximum Gasteiger partial charge on any atom is 0.472 e. The predicted molar refractivity (Wildman–Crippen MR) is 380 cm³/mol. The summed E-state index contributed by atoms with van der Waals surface area (Å²) in [6, 6.07) is 0. The Kier molecular flexibility index (Phi) is 63.7. The van der Waals surface area contributed by atoms with Crippen molar-refractivity contribution in [1.29, 1.82) is 0 Å². The fourth-order valence-corrected chi connectivity index (χ4v) is 9.91. The van der Waals surface area contributed by atoms with E-state index in [1.54, 1.807) is 0 Å². The molecule has 0 saturated carbocycles. The smallest absolute Gasteiger partial charge is 0.462 e. The highest BCUT2D eigenvalue weighted by Crippen LogP contribution is 2.43. The Labute approximate surface area is 541 Å². The molecule has 9 nitrogen and oxygen atoms in total. The van der Waals surface area contributed by atoms with E-state index in [9.17, 15) is 19.0 Å². The number of nitrogens with zero attached hydrogens (tertiary/aromatic N) is 1. The average Bonchev–Trinajstić information content (AvgIpc) is 3.68. The summed E-state index contributed by atoms with van der Waals surface area (Å²) in [7, 11) is 1.44. The van der Waals surface area contributed by atoms with E-state index in [2.05, 4.69) is 172 Å². The van der Waals surface area contributed by atoms with E-state index in [1.807, 2.05) is 21.1 Å². The van der Waals surface area contributed by atoms with E-state index in [1.165, 1.54) is 122 Å². The molecule has 500 valence electrons. The predicted octanol–water partition coefficient (Wildman–Crippen LogP) is 23.2. The average molecular weight is 1240 g/mol. The van der Waals surface area contributed by atoms with Crippen molar-refractivity contribution in [2.24, 2.45) is 0 Å². The van der Waals surface area contributed by atoms with E-state index in [4.69, 9.17) is 18.5 Å². The molecule has 0 aliphatic rings. The third-order valence-corrected chi connectivity index (χ3v) is 15.5. The first-order valence-electron chi connectivity index (χ1n) is 35.2. The number of hydrogen-bond acceptors (Lipinski definition) is 7. The standard InChI is InChI=1S/C78H130NO8P/c1-6-8-10-12-14-16-18-20-22-24-26-28-30-32-34-35-36-37-38-39-40-41-42-43-45-47-49-51-53-55-57-59-61-63-65-67-69-71-78(81)87-76(75-86-88(82,83)85-73-72-79(3,4)5)74-84-77(80)70-68-66-64-62-60-58-56-54-52-50-48-46-44-33-31-29-27-25-23-21-19-17-15-13-11-9-7-2/h8,10,14,16,19-22,25-28,32,34,36-37,39-40,42-43,47,49,53,55,59,61,76H,6-7,9,11-13,15,17-18,23-24,29-31,33,35,38,41,44-46,48,50-52,54,56-58,60,62-75H2,1-5H3/p+1/b10-8-,16-14-,21-19-,22-20-,27-25-,28-26-,34-32-,37-36-,40-39-,43-42-,49-47-,55-53-,61-59-. The van der Waals surface area contributed by atoms with E-state index in [0.29, 0.717) is 17.4 Å². The van der Waals surface area contributed by atoms with Crippen molar-refractivity contribution in [2.45, 2.75) is 277 Å². The lowest BCUT2D eigenvalue weighted by molar-refractivity contribution is -0.870. The minimum Gasteiger partial charge on any atom is -0.462 e. The molecule has 1 N–H and O–H groups in total. The van der Waals surface area contributed by atoms with Crippen molar-refractivity contribution in [3.05, 3.63) is 158 Å². The summed E-state index contributed by atoms with van der Waals surface area (Å²) in [6.07, 6.45) is 101. The van der Waals surface area contributed by atoms with Gasteiger partial charge in [0.1, 0.15) is 19.8 Å². The first-order valence-corrected chi connectivity index (χ1v) is 36.7. The Bertz CT molecular complexity index is 2040. The summed E-state index contributed by atoms with van der Waals surface area (Å²) < 4.78 is 34.7. The van der Waals surface area contributed by atoms with Crippen molar-refractivity contribution >= 4 is 19.8 Å². The molecule has 0 aromatic carbocycles. The molecular formula is C78H131NO8P+. The number of phosphoric acid groups is 1. The quantitative estimate of drug-likeness (QED) is 0.0211. The van der Waals surface area contributed by atoms with Crippen LogP contribution in [0.15, 0.2) is 158 Å². The highest BCUT2D eigenvalue weighted by atomic mass is 31.2. The van der Waals surface area contributed by atoms with Crippen molar-refractivity contribution in [3.63, 3.8) is 0 Å². The molecule has 0 spiro atoms. The van der Waals surface area contributed by atoms with Crippen molar-refractivity contribution in [1.82, 2.24) is 0 Å². The second kappa shape index (κ2) is 67.0. The zero-order chi connectivity index (χ0) is 64.1. The van der Waals surface area contributed by atoms with Crippen LogP contribution in [0.2, 0.25) is 0 Å². The molecular weight excluding hydrogens is 1110 g/mol. The van der Waals surface area contributed by atoms with Crippen molar-refractivity contribution in [3.8, 4) is 0 Å². The molecule has 10 heteroatoms. The minimum atomic E-state index is -4.41. The Morgan fingerprint density at radius 1 is 0.364 bits per heavy atom. The zero-order valence-electron chi connectivity index (χ0n) is 56.9. The summed E-state index contributed by atoms with van der Waals surface area (Å²) in [5, 5.41) is 0. The van der Waals surface area contributed by atoms with Crippen LogP contribution >= 0.6 is 7.82 Å². The number of hydrogen-bond donors (Lipinski definition) is 1. The van der Waals surface area contributed by atoms with Crippen LogP contribution < -0.4 is 0 Å². The molecule has 0 aliphatic heterocycles. The number of allylic oxidation sites excluding steroid dienone is 26. The highest BCUT2D eigenvalue weighted by molar-refractivity contribution is 7.47. The second-order valence-electron chi connectivity index (χ2n) is 24.2. The van der Waals surface area contributed by atoms with E-state index in [0.717, 1.165) is 116 Å². The molecule has 2 atom stereocenters. The summed E-state index contributed by atoms with van der Waals surface area (Å²) in [4.78, 5) is 35.9. The van der Waals surface area contributed by atoms with Gasteiger partial charge in [-0.2, -0.15) is 0 Å². The highest BCUT2D eigenvalue weighted by Gasteiger charge is 2.27. The number of unbranched alkanes of at least 4 members (excludes halogenated alkanes) is 23. The molecule has 0 aliphatic carbocycles. The van der Waals surface area contributed by atoms with Gasteiger partial charge in [0.25, 0.3) is 0 Å². The molecule has 0 saturated heterocycles. The molecule has 0 heterocycles. The minimum absolute atomic E-state index is 0.0171. The fraction of sp³-hybridized carbons (Fsp3) is 0.641. The summed E-state index contributed by atoms with van der Waals surface area (Å²) in [6.45, 7) is 4.27. The number of carbonyl (C=O) groups is 2. The number of phosphoric ester groups is 1. The molecule has 88 heavy (non-hydrogen) atoms. The molecule has 0 bridgehead atoms. The number of quaternary nitrogens is 1. The first-order chi connectivity index (χ1) is 43.0. The Morgan fingerprint density at radius 2 is 0.648 bits per heavy atom. The van der Waals surface area contributed by atoms with Crippen LogP contribution in [0.5, 0.6) is 0 Å². The normalized spacial score (nSPS) is 14.1. The maximum absolute atomic E-state index is 12.9. The van der Waals surface area contributed by atoms with E-state index < -0.39 is 26.5 Å². The van der Waals surface area contributed by atoms with E-state index in [-0.39, 0.29) is 32.0 Å². The van der Waals surface area contributed by atoms with Gasteiger partial charge in [-0.1, -0.05) is 287 Å². The van der Waals surface area contributed by atoms with Gasteiger partial charge in [0.2, 0.25) is 0 Å². The van der Waals surface area contributed by atoms with Crippen LogP contribution in [0.25, 0.3) is 0 Å². The van der Waals surface area contributed by atoms with Crippen molar-refractivity contribution in [2.75, 3.05) is 47.5 Å². The Balaban J connectivity index is 4.19. The molecule has 0 amide bonds. The van der Waals surface area contributed by atoms with Gasteiger partial charge in [-0.15, -0.1) is 0 Å². The summed E-state index contributed by atoms with van der Waals surface area (Å²) in [5.74, 6) is -0.841. The molecule has 0 fully saturated rings. The number of carbonyl (C=O) groups excluding carboxylic acids is 2. The largest absolute Gasteiger partial charge is 0.472 e. The Hall–Kier alpha value is -4.37. The van der Waals surface area contributed by atoms with Crippen molar-refractivity contribution < 1.29 is 42.1 Å². The van der Waals surface area contributed by atoms with Crippen LogP contribution in [0.4, 0.5) is 0 Å². The molecule has 0 aromatic rings. The third-order valence-electron chi connectivity index (χ3n) is 14.5. The van der Waals surface area contributed by atoms with Crippen LogP contribution in [0.3, 0.4) is 0 Å². The summed E-state index contributed by atoms with van der Waals surface area (Å²) in [5.41, 5.74) is 0. The van der Waals surface area contributed by atoms with Crippen LogP contribution in [-0.2, 0) is 32.7 Å². The van der Waals surface area contributed by atoms with Gasteiger partial charge in [0, 0.05) is 12.8 Å². The molecule has 2 unspecified atom stereocenters. The van der Waals surface area contributed by atoms with E-state index >= 15 is 0 Å². The second-order valence-corrected chi connectivity index (χ2v) is 25.6. The zero-order valence-corrected chi connectivity index (χ0v) is 57.8. The van der Waals surface area contributed by atoms with Crippen LogP contribution in [-0.4, -0.2) is 74.9 Å². The molecule has 0 aromatic heterocycles. The first kappa shape index (κ1) is 83.6. The SMILES string of the molecule is CC/C=C\C/C=C\C/C=C\C/C=C\C/C=C\C/C=C\C/C=C\C/C=C\C/C=C\C/C=C\C/C=C\CCCCCC(=O)OC(COC(=O)CCCCCCCCCCCCCCCCC/C=C\C/C=C\CCCCCCC)COP(=O)(O)OCC[N+](C)(C)C. The van der Waals surface area contributed by atoms with Gasteiger partial charge in [0.15, 0.2) is 6.10 Å². The topological polar surface area (TPSA) is 108 Å². The van der Waals surface area contributed by atoms with Gasteiger partial charge in [0.05, 0.1) is 27.7 Å². The molecule has 0 radical (unpaired) electrons. The Morgan fingerprint density at radius 3 is 0.977 bits per heavy atom. The third kappa shape index (κ3) is 70.7. The lowest BCUT2D eigenvalue weighted by Gasteiger charge is -2.24. The lowest BCUT2D eigenvalue weighted by Crippen LogP contribution is -2.37. The maximum atomic E-state index is 12.9. The lowest BCUT2D eigenvalue weighted by atomic mass is 10.0. The van der Waals surface area contributed by atoms with Gasteiger partial charge in [-0.25, -0.2) is 4.57 Å². The number of rotatable bonds is 63. The summed E-state index contributed by atoms with van der Waals surface area (Å²) >= 11 is 0. The van der Waals surface area contributed by atoms with Crippen LogP contribution in [0, 0.1) is 0 Å². The van der Waals surface area contributed by atoms with Gasteiger partial charge in [-0.3, -0.25) is 18.6 Å². The monoisotopic (exact) mass is 1240 g/mol. The number of ether oxygens (including phenoxy) is 2. The van der Waals surface area contributed by atoms with Gasteiger partial charge < -0.3 is 18.9 Å². The molecule has 0 rings (SSSR count). The fourth-order valence-electron chi connectivity index (χ4n) is 9.17.